The third-order valence-electron chi connectivity index (χ3n) is 15.1. The lowest BCUT2D eigenvalue weighted by molar-refractivity contribution is -0.187. The molecule has 3 heteroatoms. The van der Waals surface area contributed by atoms with Crippen LogP contribution in [-0.2, 0) is 4.79 Å². The van der Waals surface area contributed by atoms with Gasteiger partial charge in [-0.05, 0) is 146 Å². The number of fused-ring (bicyclic) bond motifs is 8. The average molecular weight is 644 g/mol. The van der Waals surface area contributed by atoms with Crippen molar-refractivity contribution in [2.45, 2.75) is 106 Å². The zero-order valence-electron chi connectivity index (χ0n) is 30.3. The van der Waals surface area contributed by atoms with Crippen molar-refractivity contribution in [3.8, 4) is 11.1 Å². The molecule has 8 atom stereocenters. The van der Waals surface area contributed by atoms with Gasteiger partial charge in [0.05, 0.1) is 10.9 Å². The molecule has 1 heterocycles. The van der Waals surface area contributed by atoms with Gasteiger partial charge in [-0.2, -0.15) is 0 Å². The minimum Gasteiger partial charge on any atom is -0.481 e. The van der Waals surface area contributed by atoms with Crippen molar-refractivity contribution in [1.29, 1.82) is 0 Å². The Balaban J connectivity index is 0.00000117. The SMILES string of the molecule is C=CC.Cc1c(-c2ccc(C3=CCC4(C)C(CCC5(C)C6CCC7(C(=O)O)CCCC7C6CCC54)C3(C)C)cc2)cnc2ccccc12. The molecule has 5 aliphatic carbocycles. The molecule has 0 radical (unpaired) electrons. The van der Waals surface area contributed by atoms with Gasteiger partial charge in [-0.15, -0.1) is 6.58 Å². The highest BCUT2D eigenvalue weighted by Crippen LogP contribution is 2.73. The quantitative estimate of drug-likeness (QED) is 0.289. The molecule has 5 aliphatic rings. The van der Waals surface area contributed by atoms with Gasteiger partial charge < -0.3 is 5.11 Å². The number of nitrogens with zero attached hydrogens (tertiary/aromatic N) is 1. The molecule has 2 aromatic carbocycles. The van der Waals surface area contributed by atoms with E-state index in [1.54, 1.807) is 6.08 Å². The van der Waals surface area contributed by atoms with Crippen LogP contribution >= 0.6 is 0 Å². The van der Waals surface area contributed by atoms with Crippen molar-refractivity contribution in [3.05, 3.63) is 84.6 Å². The lowest BCUT2D eigenvalue weighted by Gasteiger charge is -2.68. The number of allylic oxidation sites excluding steroid dienone is 3. The van der Waals surface area contributed by atoms with E-state index in [2.05, 4.69) is 95.8 Å². The fourth-order valence-electron chi connectivity index (χ4n) is 13.1. The summed E-state index contributed by atoms with van der Waals surface area (Å²) in [6.07, 6.45) is 17.9. The van der Waals surface area contributed by atoms with Crippen LogP contribution in [0.1, 0.15) is 110 Å². The third-order valence-corrected chi connectivity index (χ3v) is 15.1. The minimum atomic E-state index is -0.491. The van der Waals surface area contributed by atoms with Crippen molar-refractivity contribution < 1.29 is 9.90 Å². The van der Waals surface area contributed by atoms with E-state index in [-0.39, 0.29) is 10.8 Å². The molecule has 254 valence electrons. The van der Waals surface area contributed by atoms with Gasteiger partial charge in [0.2, 0.25) is 0 Å². The minimum absolute atomic E-state index is 0.101. The molecule has 4 saturated carbocycles. The Labute approximate surface area is 289 Å². The predicted molar refractivity (Wildman–Crippen MR) is 199 cm³/mol. The van der Waals surface area contributed by atoms with E-state index in [0.717, 1.165) is 44.0 Å². The van der Waals surface area contributed by atoms with Crippen molar-refractivity contribution in [2.75, 3.05) is 0 Å². The molecule has 8 unspecified atom stereocenters. The van der Waals surface area contributed by atoms with Crippen LogP contribution in [0.2, 0.25) is 0 Å². The number of hydrogen-bond donors (Lipinski definition) is 1. The van der Waals surface area contributed by atoms with Crippen LogP contribution in [0.15, 0.2) is 73.5 Å². The maximum Gasteiger partial charge on any atom is 0.309 e. The zero-order valence-corrected chi connectivity index (χ0v) is 30.3. The third kappa shape index (κ3) is 4.80. The molecule has 4 fully saturated rings. The normalized spacial score (nSPS) is 36.3. The van der Waals surface area contributed by atoms with E-state index in [9.17, 15) is 9.90 Å². The first-order valence-corrected chi connectivity index (χ1v) is 18.9. The van der Waals surface area contributed by atoms with Gasteiger partial charge in [-0.3, -0.25) is 9.78 Å². The molecule has 48 heavy (non-hydrogen) atoms. The highest BCUT2D eigenvalue weighted by molar-refractivity contribution is 5.88. The molecule has 0 aliphatic heterocycles. The number of carboxylic acids is 1. The maximum atomic E-state index is 12.6. The predicted octanol–water partition coefficient (Wildman–Crippen LogP) is 11.9. The fraction of sp³-hybridized carbons (Fsp3) is 0.556. The van der Waals surface area contributed by atoms with Gasteiger partial charge in [0.15, 0.2) is 0 Å². The molecule has 1 N–H and O–H groups in total. The smallest absolute Gasteiger partial charge is 0.309 e. The van der Waals surface area contributed by atoms with Crippen LogP contribution < -0.4 is 0 Å². The Hall–Kier alpha value is -3.20. The largest absolute Gasteiger partial charge is 0.481 e. The van der Waals surface area contributed by atoms with Crippen LogP contribution in [-0.4, -0.2) is 16.1 Å². The van der Waals surface area contributed by atoms with Gasteiger partial charge in [-0.25, -0.2) is 0 Å². The van der Waals surface area contributed by atoms with E-state index >= 15 is 0 Å². The topological polar surface area (TPSA) is 50.2 Å². The van der Waals surface area contributed by atoms with Gasteiger partial charge in [-0.1, -0.05) is 88.7 Å². The molecule has 0 bridgehead atoms. The van der Waals surface area contributed by atoms with E-state index < -0.39 is 11.4 Å². The number of hydrogen-bond acceptors (Lipinski definition) is 2. The Morgan fingerprint density at radius 2 is 1.56 bits per heavy atom. The fourth-order valence-corrected chi connectivity index (χ4v) is 13.1. The van der Waals surface area contributed by atoms with Gasteiger partial charge in [0.25, 0.3) is 0 Å². The van der Waals surface area contributed by atoms with Crippen molar-refractivity contribution in [3.63, 3.8) is 0 Å². The monoisotopic (exact) mass is 643 g/mol. The van der Waals surface area contributed by atoms with E-state index in [1.807, 2.05) is 13.1 Å². The zero-order chi connectivity index (χ0) is 34.1. The van der Waals surface area contributed by atoms with Crippen LogP contribution in [0.4, 0.5) is 0 Å². The second kappa shape index (κ2) is 12.0. The summed E-state index contributed by atoms with van der Waals surface area (Å²) < 4.78 is 0. The number of para-hydroxylation sites is 1. The first-order valence-electron chi connectivity index (χ1n) is 18.9. The van der Waals surface area contributed by atoms with Crippen molar-refractivity contribution >= 4 is 22.4 Å². The number of carbonyl (C=O) groups is 1. The van der Waals surface area contributed by atoms with Crippen LogP contribution in [0.3, 0.4) is 0 Å². The van der Waals surface area contributed by atoms with Crippen LogP contribution in [0.25, 0.3) is 27.6 Å². The number of aromatic nitrogens is 1. The number of aliphatic carboxylic acids is 1. The molecule has 1 aromatic heterocycles. The van der Waals surface area contributed by atoms with Gasteiger partial charge in [0.1, 0.15) is 0 Å². The van der Waals surface area contributed by atoms with Crippen LogP contribution in [0, 0.1) is 58.2 Å². The summed E-state index contributed by atoms with van der Waals surface area (Å²) in [7, 11) is 0. The summed E-state index contributed by atoms with van der Waals surface area (Å²) in [5.41, 5.74) is 7.99. The average Bonchev–Trinajstić information content (AvgIpc) is 3.52. The lowest BCUT2D eigenvalue weighted by Crippen LogP contribution is -2.61. The summed E-state index contributed by atoms with van der Waals surface area (Å²) in [6, 6.07) is 17.8. The van der Waals surface area contributed by atoms with Gasteiger partial charge in [0, 0.05) is 17.1 Å². The standard InChI is InChI=1S/C42H51NO2.C3H6/c1-26-29-9-6-7-11-35(29)43-25-31(26)27-12-14-28(15-13-27)32-18-22-41(5)36(39(32,2)3)20-23-40(4)33-19-24-42(38(44)45)21-8-10-34(42)30(33)16-17-37(40)41;1-3-2/h6-7,9,11-15,18,25,30,33-34,36-37H,8,10,16-17,19-24H2,1-5H3,(H,44,45);3H,1H2,2H3. The highest BCUT2D eigenvalue weighted by atomic mass is 16.4. The Bertz CT molecular complexity index is 1750. The Kier molecular flexibility index (Phi) is 8.32. The molecule has 0 spiro atoms. The maximum absolute atomic E-state index is 12.6. The summed E-state index contributed by atoms with van der Waals surface area (Å²) in [6.45, 7) is 17.8. The number of carboxylic acid groups (broad SMARTS) is 1. The first kappa shape index (κ1) is 33.3. The second-order valence-corrected chi connectivity index (χ2v) is 17.3. The van der Waals surface area contributed by atoms with Crippen LogP contribution in [0.5, 0.6) is 0 Å². The molecule has 0 amide bonds. The Morgan fingerprint density at radius 1 is 0.854 bits per heavy atom. The number of rotatable bonds is 3. The summed E-state index contributed by atoms with van der Waals surface area (Å²) >= 11 is 0. The van der Waals surface area contributed by atoms with E-state index in [1.165, 1.54) is 58.9 Å². The Morgan fingerprint density at radius 3 is 2.29 bits per heavy atom. The van der Waals surface area contributed by atoms with Crippen molar-refractivity contribution in [1.82, 2.24) is 4.98 Å². The molecule has 8 rings (SSSR count). The number of aryl methyl sites for hydroxylation is 1. The summed E-state index contributed by atoms with van der Waals surface area (Å²) in [5, 5.41) is 11.6. The summed E-state index contributed by atoms with van der Waals surface area (Å²) in [5.74, 6) is 2.59. The molecule has 3 aromatic rings. The highest BCUT2D eigenvalue weighted by Gasteiger charge is 2.66. The molecule has 0 saturated heterocycles. The molecule has 3 nitrogen and oxygen atoms in total. The van der Waals surface area contributed by atoms with Gasteiger partial charge >= 0.3 is 5.97 Å². The molecular weight excluding hydrogens is 587 g/mol. The summed E-state index contributed by atoms with van der Waals surface area (Å²) in [4.78, 5) is 17.4. The van der Waals surface area contributed by atoms with E-state index in [0.29, 0.717) is 35.0 Å². The second-order valence-electron chi connectivity index (χ2n) is 17.3. The lowest BCUT2D eigenvalue weighted by atomic mass is 9.36. The molecular formula is C45H57NO2. The number of pyridine rings is 1. The van der Waals surface area contributed by atoms with E-state index in [4.69, 9.17) is 4.98 Å². The number of benzene rings is 2. The first-order chi connectivity index (χ1) is 22.9. The van der Waals surface area contributed by atoms with Crippen molar-refractivity contribution in [2.24, 2.45) is 51.2 Å².